The van der Waals surface area contributed by atoms with Gasteiger partial charge in [0.1, 0.15) is 5.75 Å². The molecule has 1 saturated carbocycles. The number of para-hydroxylation sites is 1. The van der Waals surface area contributed by atoms with Crippen LogP contribution in [0.15, 0.2) is 58.5 Å². The molecule has 39 heavy (non-hydrogen) atoms. The van der Waals surface area contributed by atoms with Gasteiger partial charge in [-0.05, 0) is 55.9 Å². The van der Waals surface area contributed by atoms with Gasteiger partial charge in [-0.3, -0.25) is 4.79 Å². The number of rotatable bonds is 7. The molecule has 0 unspecified atom stereocenters. The fraction of sp³-hybridized carbons (Fsp3) is 0.464. The summed E-state index contributed by atoms with van der Waals surface area (Å²) in [5.74, 6) is -0.280. The summed E-state index contributed by atoms with van der Waals surface area (Å²) in [5.41, 5.74) is -4.92. The molecule has 1 heterocycles. The second-order valence-corrected chi connectivity index (χ2v) is 10.8. The van der Waals surface area contributed by atoms with Crippen molar-refractivity contribution in [3.05, 3.63) is 65.4 Å². The van der Waals surface area contributed by atoms with Crippen molar-refractivity contribution < 1.29 is 40.6 Å². The van der Waals surface area contributed by atoms with Gasteiger partial charge in [0.25, 0.3) is 0 Å². The van der Waals surface area contributed by atoms with E-state index in [2.05, 4.69) is 6.92 Å². The Hall–Kier alpha value is -2.66. The van der Waals surface area contributed by atoms with Crippen molar-refractivity contribution in [2.45, 2.75) is 60.9 Å². The number of allylic oxidation sites excluding steroid dienone is 1. The number of morpholine rings is 1. The lowest BCUT2D eigenvalue weighted by Gasteiger charge is -2.28. The van der Waals surface area contributed by atoms with Crippen LogP contribution in [0.25, 0.3) is 0 Å². The van der Waals surface area contributed by atoms with Gasteiger partial charge in [-0.25, -0.2) is 0 Å². The number of carbonyl (C=O) groups is 1. The quantitative estimate of drug-likeness (QED) is 0.192. The summed E-state index contributed by atoms with van der Waals surface area (Å²) in [6.45, 7) is 3.73. The fourth-order valence-corrected chi connectivity index (χ4v) is 5.77. The molecule has 2 aromatic carbocycles. The van der Waals surface area contributed by atoms with Gasteiger partial charge in [0, 0.05) is 35.8 Å². The summed E-state index contributed by atoms with van der Waals surface area (Å²) < 4.78 is 96.7. The smallest absolute Gasteiger partial charge is 0.418 e. The maximum atomic E-state index is 14.3. The first-order chi connectivity index (χ1) is 18.4. The van der Waals surface area contributed by atoms with Crippen LogP contribution in [0.4, 0.5) is 26.3 Å². The second kappa shape index (κ2) is 12.2. The third-order valence-electron chi connectivity index (χ3n) is 6.81. The Morgan fingerprint density at radius 1 is 0.923 bits per heavy atom. The maximum absolute atomic E-state index is 14.3. The van der Waals surface area contributed by atoms with Crippen LogP contribution in [-0.2, 0) is 17.1 Å². The van der Waals surface area contributed by atoms with E-state index in [4.69, 9.17) is 9.47 Å². The van der Waals surface area contributed by atoms with E-state index < -0.39 is 39.7 Å². The molecule has 0 spiro atoms. The molecule has 0 N–H and O–H groups in total. The zero-order valence-electron chi connectivity index (χ0n) is 21.3. The monoisotopic (exact) mass is 573 g/mol. The molecule has 1 aliphatic heterocycles. The Morgan fingerprint density at radius 2 is 1.56 bits per heavy atom. The Bertz CT molecular complexity index is 1180. The SMILES string of the molecule is C[C@H]1CC[C@H](Oc2ccccc2Sc2ccc(C(=O)C=CN3CCOCC3)c(C(F)(F)F)c2C(F)(F)F)CC1. The van der Waals surface area contributed by atoms with Gasteiger partial charge in [-0.15, -0.1) is 0 Å². The van der Waals surface area contributed by atoms with Gasteiger partial charge >= 0.3 is 12.4 Å². The van der Waals surface area contributed by atoms with Crippen LogP contribution in [0, 0.1) is 5.92 Å². The lowest BCUT2D eigenvalue weighted by Crippen LogP contribution is -2.32. The number of nitrogens with zero attached hydrogens (tertiary/aromatic N) is 1. The predicted molar refractivity (Wildman–Crippen MR) is 135 cm³/mol. The Kier molecular flexibility index (Phi) is 9.21. The molecule has 4 rings (SSSR count). The maximum Gasteiger partial charge on any atom is 0.418 e. The van der Waals surface area contributed by atoms with Gasteiger partial charge in [0.15, 0.2) is 5.78 Å². The summed E-state index contributed by atoms with van der Waals surface area (Å²) >= 11 is 0.547. The van der Waals surface area contributed by atoms with Crippen molar-refractivity contribution in [3.63, 3.8) is 0 Å². The number of alkyl halides is 6. The van der Waals surface area contributed by atoms with E-state index in [0.717, 1.165) is 43.9 Å². The molecule has 1 aliphatic carbocycles. The second-order valence-electron chi connectivity index (χ2n) is 9.73. The van der Waals surface area contributed by atoms with Crippen molar-refractivity contribution in [2.24, 2.45) is 5.92 Å². The first-order valence-corrected chi connectivity index (χ1v) is 13.5. The van der Waals surface area contributed by atoms with E-state index in [1.54, 1.807) is 23.1 Å². The molecule has 2 aromatic rings. The number of hydrogen-bond acceptors (Lipinski definition) is 5. The van der Waals surface area contributed by atoms with Crippen LogP contribution >= 0.6 is 11.8 Å². The Balaban J connectivity index is 1.70. The average molecular weight is 574 g/mol. The summed E-state index contributed by atoms with van der Waals surface area (Å²) in [4.78, 5) is 14.0. The van der Waals surface area contributed by atoms with E-state index in [9.17, 15) is 31.1 Å². The normalized spacial score (nSPS) is 20.8. The molecule has 0 atom stereocenters. The molecular weight excluding hydrogens is 544 g/mol. The highest BCUT2D eigenvalue weighted by Gasteiger charge is 2.47. The van der Waals surface area contributed by atoms with Crippen molar-refractivity contribution in [1.29, 1.82) is 0 Å². The minimum absolute atomic E-state index is 0.117. The van der Waals surface area contributed by atoms with Gasteiger partial charge in [0.05, 0.1) is 35.3 Å². The van der Waals surface area contributed by atoms with Gasteiger partial charge in [-0.2, -0.15) is 26.3 Å². The topological polar surface area (TPSA) is 38.8 Å². The molecule has 2 fully saturated rings. The van der Waals surface area contributed by atoms with E-state index in [1.807, 2.05) is 0 Å². The van der Waals surface area contributed by atoms with Crippen LogP contribution in [-0.4, -0.2) is 43.1 Å². The average Bonchev–Trinajstić information content (AvgIpc) is 2.89. The van der Waals surface area contributed by atoms with Gasteiger partial charge < -0.3 is 14.4 Å². The third kappa shape index (κ3) is 7.51. The standard InChI is InChI=1S/C28H29F6NO3S/c1-18-6-8-19(9-7-18)38-22-4-2-3-5-23(22)39-24-11-10-20(21(36)12-13-35-14-16-37-17-15-35)25(27(29,30)31)26(24)28(32,33)34/h2-5,10-13,18-19H,6-9,14-17H2,1H3/t18-,19-. The minimum Gasteiger partial charge on any atom is -0.489 e. The van der Waals surface area contributed by atoms with Crippen LogP contribution in [0.5, 0.6) is 5.75 Å². The van der Waals surface area contributed by atoms with Crippen LogP contribution < -0.4 is 4.74 Å². The molecule has 0 aromatic heterocycles. The predicted octanol–water partition coefficient (Wildman–Crippen LogP) is 7.86. The first kappa shape index (κ1) is 29.3. The van der Waals surface area contributed by atoms with Crippen LogP contribution in [0.3, 0.4) is 0 Å². The minimum atomic E-state index is -5.42. The highest BCUT2D eigenvalue weighted by Crippen LogP contribution is 2.49. The zero-order chi connectivity index (χ0) is 28.2. The largest absolute Gasteiger partial charge is 0.489 e. The lowest BCUT2D eigenvalue weighted by molar-refractivity contribution is -0.163. The van der Waals surface area contributed by atoms with Crippen molar-refractivity contribution >= 4 is 17.5 Å². The van der Waals surface area contributed by atoms with Crippen molar-refractivity contribution in [1.82, 2.24) is 4.90 Å². The highest BCUT2D eigenvalue weighted by molar-refractivity contribution is 7.99. The number of carbonyl (C=O) groups excluding carboxylic acids is 1. The Labute approximate surface area is 227 Å². The number of ketones is 1. The molecule has 1 saturated heterocycles. The molecule has 2 aliphatic rings. The van der Waals surface area contributed by atoms with Gasteiger partial charge in [-0.1, -0.05) is 30.8 Å². The summed E-state index contributed by atoms with van der Waals surface area (Å²) in [5, 5.41) is 0. The van der Waals surface area contributed by atoms with E-state index in [-0.39, 0.29) is 11.0 Å². The summed E-state index contributed by atoms with van der Waals surface area (Å²) in [6.07, 6.45) is -5.24. The van der Waals surface area contributed by atoms with Crippen molar-refractivity contribution in [2.75, 3.05) is 26.3 Å². The van der Waals surface area contributed by atoms with E-state index in [1.165, 1.54) is 12.3 Å². The number of hydrogen-bond donors (Lipinski definition) is 0. The Morgan fingerprint density at radius 3 is 2.21 bits per heavy atom. The van der Waals surface area contributed by atoms with E-state index >= 15 is 0 Å². The van der Waals surface area contributed by atoms with Crippen molar-refractivity contribution in [3.8, 4) is 5.75 Å². The van der Waals surface area contributed by atoms with Gasteiger partial charge in [0.2, 0.25) is 0 Å². The summed E-state index contributed by atoms with van der Waals surface area (Å²) in [7, 11) is 0. The number of halogens is 6. The molecular formula is C28H29F6NO3S. The third-order valence-corrected chi connectivity index (χ3v) is 7.92. The fourth-order valence-electron chi connectivity index (χ4n) is 4.72. The number of benzene rings is 2. The lowest BCUT2D eigenvalue weighted by atomic mass is 9.89. The van der Waals surface area contributed by atoms with E-state index in [0.29, 0.717) is 49.7 Å². The summed E-state index contributed by atoms with van der Waals surface area (Å²) in [6, 6.07) is 8.12. The number of ether oxygens (including phenoxy) is 2. The first-order valence-electron chi connectivity index (χ1n) is 12.7. The zero-order valence-corrected chi connectivity index (χ0v) is 22.1. The molecule has 0 amide bonds. The molecule has 212 valence electrons. The highest BCUT2D eigenvalue weighted by atomic mass is 32.2. The van der Waals surface area contributed by atoms with Crippen LogP contribution in [0.1, 0.15) is 54.1 Å². The van der Waals surface area contributed by atoms with Crippen LogP contribution in [0.2, 0.25) is 0 Å². The molecule has 0 bridgehead atoms. The molecule has 11 heteroatoms. The molecule has 0 radical (unpaired) electrons. The molecule has 4 nitrogen and oxygen atoms in total.